The van der Waals surface area contributed by atoms with Crippen molar-refractivity contribution in [2.75, 3.05) is 43.2 Å². The maximum Gasteiger partial charge on any atom is 0.135 e. The molecule has 0 aliphatic carbocycles. The molecule has 2 aromatic rings. The van der Waals surface area contributed by atoms with Gasteiger partial charge in [-0.05, 0) is 80.2 Å². The predicted molar refractivity (Wildman–Crippen MR) is 163 cm³/mol. The highest BCUT2D eigenvalue weighted by Crippen LogP contribution is 2.24. The van der Waals surface area contributed by atoms with Crippen molar-refractivity contribution < 1.29 is 4.21 Å². The summed E-state index contributed by atoms with van der Waals surface area (Å²) in [6.07, 6.45) is 4.21. The molecule has 200 valence electrons. The molecular weight excluding hydrogens is 486 g/mol. The van der Waals surface area contributed by atoms with E-state index in [9.17, 15) is 4.21 Å². The first-order valence-electron chi connectivity index (χ1n) is 12.8. The van der Waals surface area contributed by atoms with Crippen LogP contribution in [-0.4, -0.2) is 54.3 Å². The predicted octanol–water partition coefficient (Wildman–Crippen LogP) is 4.73. The van der Waals surface area contributed by atoms with Crippen molar-refractivity contribution in [2.24, 2.45) is 0 Å². The number of hydrogen-bond acceptors (Lipinski definition) is 6. The molecule has 0 aromatic heterocycles. The summed E-state index contributed by atoms with van der Waals surface area (Å²) in [5.41, 5.74) is 5.65. The van der Waals surface area contributed by atoms with Gasteiger partial charge < -0.3 is 10.2 Å². The van der Waals surface area contributed by atoms with E-state index in [1.165, 1.54) is 5.49 Å². The molecule has 6 nitrogen and oxygen atoms in total. The molecule has 1 atom stereocenters. The summed E-state index contributed by atoms with van der Waals surface area (Å²) >= 11 is 4.95. The zero-order valence-electron chi connectivity index (χ0n) is 22.7. The van der Waals surface area contributed by atoms with Gasteiger partial charge in [0.25, 0.3) is 0 Å². The SMILES string of the molecule is C=[S@@](=O)(CC(NCCCC)(NCCCC)NCc1cccc(NC=S)c1)c1ccc(N(C)C)cc1C. The molecule has 0 saturated carbocycles. The second kappa shape index (κ2) is 14.7. The van der Waals surface area contributed by atoms with Crippen LogP contribution in [0.1, 0.15) is 50.7 Å². The van der Waals surface area contributed by atoms with Crippen LogP contribution in [0.25, 0.3) is 0 Å². The standard InChI is InChI=1S/C28H45N5OS2/c1-7-9-16-30-28(31-17-10-8-2,32-20-24-12-11-13-25(19-24)29-22-35)21-36(6,34)27-15-14-26(33(4)5)18-23(27)3/h11-15,18-19,22,30-32H,6-10,16-17,20-21H2,1-5H3,(H,29,35)/t36-/m1/s1. The molecule has 0 saturated heterocycles. The largest absolute Gasteiger partial charge is 0.378 e. The van der Waals surface area contributed by atoms with E-state index in [0.29, 0.717) is 12.3 Å². The van der Waals surface area contributed by atoms with Gasteiger partial charge in [-0.3, -0.25) is 20.2 Å². The number of hydrogen-bond donors (Lipinski definition) is 4. The van der Waals surface area contributed by atoms with Gasteiger partial charge >= 0.3 is 0 Å². The summed E-state index contributed by atoms with van der Waals surface area (Å²) in [5.74, 6) is 3.87. The molecule has 0 radical (unpaired) electrons. The molecule has 2 rings (SSSR count). The Bertz CT molecular complexity index is 1060. The average Bonchev–Trinajstić information content (AvgIpc) is 2.83. The molecule has 36 heavy (non-hydrogen) atoms. The lowest BCUT2D eigenvalue weighted by molar-refractivity contribution is 0.222. The smallest absolute Gasteiger partial charge is 0.135 e. The molecule has 0 heterocycles. The van der Waals surface area contributed by atoms with Gasteiger partial charge in [-0.1, -0.05) is 51.0 Å². The summed E-state index contributed by atoms with van der Waals surface area (Å²) < 4.78 is 14.3. The summed E-state index contributed by atoms with van der Waals surface area (Å²) in [4.78, 5) is 2.86. The van der Waals surface area contributed by atoms with Crippen molar-refractivity contribution in [2.45, 2.75) is 63.7 Å². The zero-order valence-corrected chi connectivity index (χ0v) is 24.3. The molecule has 2 aromatic carbocycles. The Morgan fingerprint density at radius 1 is 1.03 bits per heavy atom. The molecule has 4 N–H and O–H groups in total. The van der Waals surface area contributed by atoms with Gasteiger partial charge in [0.1, 0.15) is 5.79 Å². The van der Waals surface area contributed by atoms with Gasteiger partial charge in [0.15, 0.2) is 0 Å². The fraction of sp³-hybridized carbons (Fsp3) is 0.500. The average molecular weight is 532 g/mol. The maximum absolute atomic E-state index is 14.3. The minimum absolute atomic E-state index is 0.327. The second-order valence-corrected chi connectivity index (χ2v) is 12.2. The molecule has 0 unspecified atom stereocenters. The third-order valence-corrected chi connectivity index (χ3v) is 8.46. The van der Waals surface area contributed by atoms with Gasteiger partial charge in [-0.25, -0.2) is 0 Å². The molecule has 0 aliphatic heterocycles. The van der Waals surface area contributed by atoms with E-state index in [1.54, 1.807) is 0 Å². The number of anilines is 2. The topological polar surface area (TPSA) is 68.4 Å². The lowest BCUT2D eigenvalue weighted by Gasteiger charge is -2.38. The number of rotatable bonds is 17. The quantitative estimate of drug-likeness (QED) is 0.134. The monoisotopic (exact) mass is 531 g/mol. The number of nitrogens with zero attached hydrogens (tertiary/aromatic N) is 1. The molecular formula is C28H45N5OS2. The summed E-state index contributed by atoms with van der Waals surface area (Å²) in [7, 11) is 1.40. The highest BCUT2D eigenvalue weighted by molar-refractivity contribution is 8.00. The lowest BCUT2D eigenvalue weighted by atomic mass is 10.2. The van der Waals surface area contributed by atoms with Crippen molar-refractivity contribution in [3.8, 4) is 0 Å². The minimum atomic E-state index is -2.62. The van der Waals surface area contributed by atoms with Crippen molar-refractivity contribution >= 4 is 44.5 Å². The molecule has 0 bridgehead atoms. The first-order chi connectivity index (χ1) is 17.2. The van der Waals surface area contributed by atoms with E-state index in [-0.39, 0.29) is 0 Å². The summed E-state index contributed by atoms with van der Waals surface area (Å²) in [6, 6.07) is 14.2. The lowest BCUT2D eigenvalue weighted by Crippen LogP contribution is -2.69. The van der Waals surface area contributed by atoms with Crippen LogP contribution >= 0.6 is 12.2 Å². The van der Waals surface area contributed by atoms with Gasteiger partial charge in [0.05, 0.1) is 11.2 Å². The highest BCUT2D eigenvalue weighted by atomic mass is 32.2. The number of thiocarbonyl (C=S) groups is 1. The van der Waals surface area contributed by atoms with Crippen molar-refractivity contribution in [1.82, 2.24) is 16.0 Å². The molecule has 0 fully saturated rings. The maximum atomic E-state index is 14.3. The first-order valence-corrected chi connectivity index (χ1v) is 15.2. The molecule has 8 heteroatoms. The van der Waals surface area contributed by atoms with Crippen LogP contribution in [-0.2, 0) is 16.1 Å². The number of benzene rings is 2. The Morgan fingerprint density at radius 2 is 1.69 bits per heavy atom. The van der Waals surface area contributed by atoms with E-state index < -0.39 is 15.3 Å². The third kappa shape index (κ3) is 9.16. The van der Waals surface area contributed by atoms with E-state index in [2.05, 4.69) is 64.1 Å². The van der Waals surface area contributed by atoms with Gasteiger partial charge in [0, 0.05) is 46.4 Å². The van der Waals surface area contributed by atoms with E-state index in [4.69, 9.17) is 12.2 Å². The Labute approximate surface area is 224 Å². The Hall–Kier alpha value is -1.97. The van der Waals surface area contributed by atoms with Gasteiger partial charge in [-0.15, -0.1) is 0 Å². The van der Waals surface area contributed by atoms with E-state index in [1.807, 2.05) is 45.3 Å². The zero-order chi connectivity index (χ0) is 26.6. The fourth-order valence-corrected chi connectivity index (χ4v) is 6.41. The third-order valence-electron chi connectivity index (χ3n) is 6.19. The van der Waals surface area contributed by atoms with Crippen LogP contribution in [0.15, 0.2) is 47.4 Å². The number of nitrogens with one attached hydrogen (secondary N) is 4. The van der Waals surface area contributed by atoms with Crippen LogP contribution < -0.4 is 26.2 Å². The minimum Gasteiger partial charge on any atom is -0.378 e. The number of aryl methyl sites for hydroxylation is 1. The first kappa shape index (κ1) is 30.3. The Kier molecular flexibility index (Phi) is 12.3. The van der Waals surface area contributed by atoms with E-state index >= 15 is 0 Å². The van der Waals surface area contributed by atoms with Crippen LogP contribution in [0.4, 0.5) is 11.4 Å². The van der Waals surface area contributed by atoms with Crippen molar-refractivity contribution in [3.05, 3.63) is 53.6 Å². The van der Waals surface area contributed by atoms with Gasteiger partial charge in [0.2, 0.25) is 0 Å². The summed E-state index contributed by atoms with van der Waals surface area (Å²) in [5, 5.41) is 14.2. The van der Waals surface area contributed by atoms with Crippen molar-refractivity contribution in [1.29, 1.82) is 0 Å². The number of unbranched alkanes of at least 4 members (excludes halogenated alkanes) is 2. The summed E-state index contributed by atoms with van der Waals surface area (Å²) in [6.45, 7) is 8.59. The van der Waals surface area contributed by atoms with Crippen LogP contribution in [0.5, 0.6) is 0 Å². The van der Waals surface area contributed by atoms with Crippen LogP contribution in [0, 0.1) is 6.92 Å². The normalized spacial score (nSPS) is 13.2. The van der Waals surface area contributed by atoms with Crippen LogP contribution in [0.3, 0.4) is 0 Å². The van der Waals surface area contributed by atoms with E-state index in [0.717, 1.165) is 66.2 Å². The van der Waals surface area contributed by atoms with Gasteiger partial charge in [-0.2, -0.15) is 0 Å². The Balaban J connectivity index is 2.40. The second-order valence-electron chi connectivity index (χ2n) is 9.58. The molecule has 0 spiro atoms. The fourth-order valence-electron chi connectivity index (χ4n) is 4.15. The Morgan fingerprint density at radius 3 is 2.25 bits per heavy atom. The highest BCUT2D eigenvalue weighted by Gasteiger charge is 2.33. The van der Waals surface area contributed by atoms with Crippen molar-refractivity contribution in [3.63, 3.8) is 0 Å². The molecule has 0 aliphatic rings. The molecule has 0 amide bonds. The van der Waals surface area contributed by atoms with Crippen LogP contribution in [0.2, 0.25) is 0 Å².